The van der Waals surface area contributed by atoms with Crippen molar-refractivity contribution in [3.63, 3.8) is 0 Å². The minimum absolute atomic E-state index is 0.206. The Morgan fingerprint density at radius 3 is 2.67 bits per heavy atom. The summed E-state index contributed by atoms with van der Waals surface area (Å²) in [7, 11) is 2.07. The number of amides is 1. The lowest BCUT2D eigenvalue weighted by molar-refractivity contribution is -0.114. The lowest BCUT2D eigenvalue weighted by Crippen LogP contribution is -2.38. The topological polar surface area (TPSA) is 101 Å². The zero-order valence-corrected chi connectivity index (χ0v) is 19.1. The van der Waals surface area contributed by atoms with Crippen LogP contribution in [0.1, 0.15) is 38.0 Å². The number of aryl methyl sites for hydroxylation is 1. The Morgan fingerprint density at radius 2 is 1.97 bits per heavy atom. The van der Waals surface area contributed by atoms with Gasteiger partial charge < -0.3 is 10.6 Å². The molecule has 0 aliphatic carbocycles. The Bertz CT molecular complexity index is 1180. The first-order chi connectivity index (χ1) is 15.5. The van der Waals surface area contributed by atoms with E-state index < -0.39 is 11.7 Å². The normalized spacial score (nSPS) is 16.4. The van der Waals surface area contributed by atoms with Crippen molar-refractivity contribution in [1.29, 1.82) is 0 Å². The van der Waals surface area contributed by atoms with E-state index in [9.17, 15) is 13.6 Å². The lowest BCUT2D eigenvalue weighted by atomic mass is 10.1. The third-order valence-corrected chi connectivity index (χ3v) is 5.46. The number of halogens is 2. The van der Waals surface area contributed by atoms with E-state index in [2.05, 4.69) is 44.5 Å². The van der Waals surface area contributed by atoms with Crippen molar-refractivity contribution >= 4 is 23.2 Å². The fourth-order valence-electron chi connectivity index (χ4n) is 3.65. The molecule has 0 radical (unpaired) electrons. The van der Waals surface area contributed by atoms with Gasteiger partial charge in [0.05, 0.1) is 23.6 Å². The predicted octanol–water partition coefficient (Wildman–Crippen LogP) is 3.69. The molecule has 1 aliphatic rings. The second-order valence-electron chi connectivity index (χ2n) is 8.50. The molecule has 1 amide bonds. The van der Waals surface area contributed by atoms with Gasteiger partial charge in [-0.2, -0.15) is 13.9 Å². The molecular weight excluding hydrogens is 430 g/mol. The molecule has 9 nitrogen and oxygen atoms in total. The maximum Gasteiger partial charge on any atom is 0.303 e. The number of aromatic nitrogens is 5. The molecule has 4 rings (SSSR count). The van der Waals surface area contributed by atoms with Crippen LogP contribution in [-0.4, -0.2) is 48.6 Å². The molecule has 3 aromatic heterocycles. The van der Waals surface area contributed by atoms with Crippen LogP contribution < -0.4 is 10.6 Å². The molecule has 33 heavy (non-hydrogen) atoms. The second-order valence-corrected chi connectivity index (χ2v) is 8.50. The van der Waals surface area contributed by atoms with Gasteiger partial charge in [0.1, 0.15) is 11.6 Å². The van der Waals surface area contributed by atoms with E-state index in [4.69, 9.17) is 5.10 Å². The number of pyridine rings is 1. The zero-order valence-electron chi connectivity index (χ0n) is 19.1. The molecule has 0 bridgehead atoms. The number of anilines is 3. The lowest BCUT2D eigenvalue weighted by Gasteiger charge is -2.30. The molecule has 1 aliphatic heterocycles. The van der Waals surface area contributed by atoms with Gasteiger partial charge in [0.25, 0.3) is 0 Å². The highest BCUT2D eigenvalue weighted by molar-refractivity contribution is 5.89. The summed E-state index contributed by atoms with van der Waals surface area (Å²) in [5.41, 5.74) is 3.32. The van der Waals surface area contributed by atoms with Crippen molar-refractivity contribution in [3.05, 3.63) is 41.6 Å². The van der Waals surface area contributed by atoms with Gasteiger partial charge in [-0.3, -0.25) is 14.4 Å². The monoisotopic (exact) mass is 456 g/mol. The first kappa shape index (κ1) is 22.7. The molecule has 0 saturated heterocycles. The number of carbonyl (C=O) groups is 1. The van der Waals surface area contributed by atoms with Gasteiger partial charge in [-0.1, -0.05) is 0 Å². The molecule has 0 unspecified atom stereocenters. The molecule has 2 N–H and O–H groups in total. The molecule has 0 aromatic carbocycles. The van der Waals surface area contributed by atoms with Crippen LogP contribution in [0.5, 0.6) is 0 Å². The summed E-state index contributed by atoms with van der Waals surface area (Å²) < 4.78 is 29.7. The Labute approximate surface area is 190 Å². The smallest absolute Gasteiger partial charge is 0.303 e. The highest BCUT2D eigenvalue weighted by Crippen LogP contribution is 2.33. The summed E-state index contributed by atoms with van der Waals surface area (Å²) in [5, 5.41) is 10.5. The Kier molecular flexibility index (Phi) is 5.83. The number of hydrogen-bond donors (Lipinski definition) is 2. The van der Waals surface area contributed by atoms with Crippen molar-refractivity contribution in [3.8, 4) is 11.3 Å². The van der Waals surface area contributed by atoms with Crippen LogP contribution >= 0.6 is 0 Å². The number of carbonyl (C=O) groups excluding carboxylic acids is 1. The van der Waals surface area contributed by atoms with E-state index in [1.54, 1.807) is 25.3 Å². The third-order valence-electron chi connectivity index (χ3n) is 5.46. The van der Waals surface area contributed by atoms with Gasteiger partial charge in [-0.15, -0.1) is 0 Å². The highest BCUT2D eigenvalue weighted by Gasteiger charge is 2.29. The maximum absolute atomic E-state index is 13.9. The third kappa shape index (κ3) is 4.98. The molecule has 0 spiro atoms. The van der Waals surface area contributed by atoms with Crippen molar-refractivity contribution < 1.29 is 13.6 Å². The van der Waals surface area contributed by atoms with Gasteiger partial charge in [-0.05, 0) is 27.0 Å². The van der Waals surface area contributed by atoms with Gasteiger partial charge >= 0.3 is 5.92 Å². The van der Waals surface area contributed by atoms with E-state index >= 15 is 0 Å². The second kappa shape index (κ2) is 8.47. The van der Waals surface area contributed by atoms with Crippen LogP contribution in [0.15, 0.2) is 24.4 Å². The summed E-state index contributed by atoms with van der Waals surface area (Å²) >= 11 is 0. The van der Waals surface area contributed by atoms with Crippen LogP contribution in [-0.2, 0) is 23.8 Å². The van der Waals surface area contributed by atoms with Crippen LogP contribution in [0.4, 0.5) is 26.1 Å². The van der Waals surface area contributed by atoms with Crippen molar-refractivity contribution in [2.45, 2.75) is 52.7 Å². The minimum atomic E-state index is -3.18. The summed E-state index contributed by atoms with van der Waals surface area (Å²) in [4.78, 5) is 26.0. The molecule has 0 fully saturated rings. The molecule has 0 saturated carbocycles. The van der Waals surface area contributed by atoms with E-state index in [0.717, 1.165) is 25.7 Å². The molecule has 4 heterocycles. The molecule has 1 atom stereocenters. The van der Waals surface area contributed by atoms with Gasteiger partial charge in [-0.25, -0.2) is 15.0 Å². The van der Waals surface area contributed by atoms with E-state index in [0.29, 0.717) is 34.5 Å². The first-order valence-corrected chi connectivity index (χ1v) is 10.6. The van der Waals surface area contributed by atoms with Gasteiger partial charge in [0, 0.05) is 56.0 Å². The SMILES string of the molecule is CC(=O)Nc1cc(Nc2cc(C)nc(C(C)(F)F)n2)c(-c2cc3n(n2)C[C@@H](C)N(C)C3)cn1. The summed E-state index contributed by atoms with van der Waals surface area (Å²) in [5.74, 6) is -3.51. The quantitative estimate of drug-likeness (QED) is 0.604. The fourth-order valence-corrected chi connectivity index (χ4v) is 3.65. The van der Waals surface area contributed by atoms with Crippen LogP contribution in [0, 0.1) is 6.92 Å². The summed E-state index contributed by atoms with van der Waals surface area (Å²) in [6.07, 6.45) is 1.60. The minimum Gasteiger partial charge on any atom is -0.339 e. The van der Waals surface area contributed by atoms with Crippen molar-refractivity contribution in [2.75, 3.05) is 17.7 Å². The maximum atomic E-state index is 13.9. The Morgan fingerprint density at radius 1 is 1.21 bits per heavy atom. The van der Waals surface area contributed by atoms with E-state index in [1.807, 2.05) is 10.7 Å². The average molecular weight is 457 g/mol. The number of hydrogen-bond acceptors (Lipinski definition) is 7. The highest BCUT2D eigenvalue weighted by atomic mass is 19.3. The van der Waals surface area contributed by atoms with Crippen LogP contribution in [0.3, 0.4) is 0 Å². The fraction of sp³-hybridized carbons (Fsp3) is 0.409. The summed E-state index contributed by atoms with van der Waals surface area (Å²) in [6, 6.07) is 5.54. The van der Waals surface area contributed by atoms with Crippen LogP contribution in [0.2, 0.25) is 0 Å². The standard InChI is InChI=1S/C22H26F2N8O/c1-12-6-20(29-21(26-12)22(4,23)24)28-17-8-19(27-14(3)33)25-9-16(17)18-7-15-11-31(5)13(2)10-32(15)30-18/h6-9,13H,10-11H2,1-5H3,(H2,25,26,27,28,29,33)/t13-/m1/s1. The first-order valence-electron chi connectivity index (χ1n) is 10.6. The molecular formula is C22H26F2N8O. The Balaban J connectivity index is 1.77. The zero-order chi connectivity index (χ0) is 23.9. The largest absolute Gasteiger partial charge is 0.339 e. The Hall–Kier alpha value is -3.47. The molecule has 11 heteroatoms. The summed E-state index contributed by atoms with van der Waals surface area (Å²) in [6.45, 7) is 7.42. The average Bonchev–Trinajstić information content (AvgIpc) is 3.09. The molecule has 174 valence electrons. The van der Waals surface area contributed by atoms with Crippen molar-refractivity contribution in [2.24, 2.45) is 0 Å². The molecule has 3 aromatic rings. The van der Waals surface area contributed by atoms with E-state index in [-0.39, 0.29) is 11.7 Å². The van der Waals surface area contributed by atoms with E-state index in [1.165, 1.54) is 6.92 Å². The number of nitrogens with zero attached hydrogens (tertiary/aromatic N) is 6. The van der Waals surface area contributed by atoms with Crippen molar-refractivity contribution in [1.82, 2.24) is 29.6 Å². The number of rotatable bonds is 5. The number of nitrogens with one attached hydrogen (secondary N) is 2. The predicted molar refractivity (Wildman–Crippen MR) is 120 cm³/mol. The number of alkyl halides is 2. The van der Waals surface area contributed by atoms with Gasteiger partial charge in [0.15, 0.2) is 0 Å². The number of fused-ring (bicyclic) bond motifs is 1. The van der Waals surface area contributed by atoms with Gasteiger partial charge in [0.2, 0.25) is 11.7 Å². The van der Waals surface area contributed by atoms with Crippen LogP contribution in [0.25, 0.3) is 11.3 Å². The number of likely N-dealkylation sites (N-methyl/N-ethyl adjacent to an activating group) is 1.